The highest BCUT2D eigenvalue weighted by Gasteiger charge is 2.06. The number of H-pyrrole nitrogens is 1. The number of rotatable bonds is 5. The van der Waals surface area contributed by atoms with Crippen LogP contribution in [0.2, 0.25) is 0 Å². The summed E-state index contributed by atoms with van der Waals surface area (Å²) in [6, 6.07) is 10.7. The first-order chi connectivity index (χ1) is 8.65. The Balaban J connectivity index is 2.05. The first-order valence-corrected chi connectivity index (χ1v) is 6.14. The molecular weight excluding hydrogens is 224 g/mol. The molecule has 1 aromatic carbocycles. The van der Waals surface area contributed by atoms with E-state index >= 15 is 0 Å². The van der Waals surface area contributed by atoms with Gasteiger partial charge in [0.1, 0.15) is 0 Å². The monoisotopic (exact) mass is 244 g/mol. The highest BCUT2D eigenvalue weighted by Crippen LogP contribution is 2.18. The summed E-state index contributed by atoms with van der Waals surface area (Å²) < 4.78 is 0. The fraction of sp³-hybridized carbons (Fsp3) is 0.357. The van der Waals surface area contributed by atoms with Gasteiger partial charge in [-0.3, -0.25) is 5.10 Å². The number of anilines is 1. The molecule has 1 unspecified atom stereocenters. The van der Waals surface area contributed by atoms with Gasteiger partial charge in [-0.15, -0.1) is 0 Å². The lowest BCUT2D eigenvalue weighted by Gasteiger charge is -2.15. The summed E-state index contributed by atoms with van der Waals surface area (Å²) in [6.45, 7) is 3.07. The van der Waals surface area contributed by atoms with Gasteiger partial charge in [0, 0.05) is 18.4 Å². The van der Waals surface area contributed by atoms with E-state index in [-0.39, 0.29) is 6.04 Å². The molecule has 2 N–H and O–H groups in total. The second-order valence-corrected chi connectivity index (χ2v) is 4.82. The van der Waals surface area contributed by atoms with Crippen molar-refractivity contribution in [3.63, 3.8) is 0 Å². The Kier molecular flexibility index (Phi) is 3.99. The van der Waals surface area contributed by atoms with Gasteiger partial charge in [-0.2, -0.15) is 5.10 Å². The molecule has 4 nitrogen and oxygen atoms in total. The van der Waals surface area contributed by atoms with Crippen molar-refractivity contribution in [2.24, 2.45) is 0 Å². The average molecular weight is 244 g/mol. The number of aromatic amines is 1. The van der Waals surface area contributed by atoms with Crippen molar-refractivity contribution in [2.75, 3.05) is 19.4 Å². The van der Waals surface area contributed by atoms with Crippen LogP contribution in [0.5, 0.6) is 0 Å². The Hall–Kier alpha value is -1.81. The molecule has 2 aromatic rings. The van der Waals surface area contributed by atoms with Gasteiger partial charge in [0.15, 0.2) is 0 Å². The smallest absolute Gasteiger partial charge is 0.0651 e. The summed E-state index contributed by atoms with van der Waals surface area (Å²) in [5, 5.41) is 10.4. The topological polar surface area (TPSA) is 44.0 Å². The van der Waals surface area contributed by atoms with Crippen molar-refractivity contribution in [1.29, 1.82) is 0 Å². The summed E-state index contributed by atoms with van der Waals surface area (Å²) in [7, 11) is 4.15. The molecule has 1 aromatic heterocycles. The highest BCUT2D eigenvalue weighted by atomic mass is 15.1. The van der Waals surface area contributed by atoms with E-state index in [1.165, 1.54) is 5.56 Å². The third-order valence-electron chi connectivity index (χ3n) is 2.80. The average Bonchev–Trinajstić information content (AvgIpc) is 2.81. The molecule has 0 fully saturated rings. The van der Waals surface area contributed by atoms with E-state index in [4.69, 9.17) is 0 Å². The summed E-state index contributed by atoms with van der Waals surface area (Å²) in [4.78, 5) is 2.16. The van der Waals surface area contributed by atoms with Crippen molar-refractivity contribution in [3.05, 3.63) is 47.8 Å². The number of hydrogen-bond acceptors (Lipinski definition) is 3. The molecule has 0 aliphatic heterocycles. The van der Waals surface area contributed by atoms with Crippen LogP contribution in [0.1, 0.15) is 24.2 Å². The minimum absolute atomic E-state index is 0.224. The first-order valence-electron chi connectivity index (χ1n) is 6.14. The molecule has 0 amide bonds. The van der Waals surface area contributed by atoms with Crippen LogP contribution in [-0.2, 0) is 6.54 Å². The zero-order valence-electron chi connectivity index (χ0n) is 11.1. The van der Waals surface area contributed by atoms with Crippen molar-refractivity contribution >= 4 is 5.69 Å². The predicted molar refractivity (Wildman–Crippen MR) is 74.5 cm³/mol. The van der Waals surface area contributed by atoms with Crippen LogP contribution in [0.3, 0.4) is 0 Å². The Morgan fingerprint density at radius 1 is 1.33 bits per heavy atom. The van der Waals surface area contributed by atoms with E-state index in [0.29, 0.717) is 0 Å². The zero-order chi connectivity index (χ0) is 13.0. The van der Waals surface area contributed by atoms with Crippen LogP contribution in [-0.4, -0.2) is 29.2 Å². The second-order valence-electron chi connectivity index (χ2n) is 4.82. The van der Waals surface area contributed by atoms with E-state index in [0.717, 1.165) is 17.9 Å². The molecule has 0 bridgehead atoms. The van der Waals surface area contributed by atoms with Gasteiger partial charge in [0.2, 0.25) is 0 Å². The van der Waals surface area contributed by atoms with E-state index < -0.39 is 0 Å². The van der Waals surface area contributed by atoms with Crippen molar-refractivity contribution < 1.29 is 0 Å². The Bertz CT molecular complexity index is 476. The summed E-state index contributed by atoms with van der Waals surface area (Å²) >= 11 is 0. The number of nitrogens with zero attached hydrogens (tertiary/aromatic N) is 2. The standard InChI is InChI=1S/C14H20N4/c1-11(14-7-8-15-17-14)16-13-6-4-5-12(9-13)10-18(2)3/h4-9,11,16H,10H2,1-3H3,(H,15,17). The number of benzene rings is 1. The van der Waals surface area contributed by atoms with Crippen LogP contribution in [0.15, 0.2) is 36.5 Å². The van der Waals surface area contributed by atoms with Crippen molar-refractivity contribution in [2.45, 2.75) is 19.5 Å². The lowest BCUT2D eigenvalue weighted by atomic mass is 10.1. The van der Waals surface area contributed by atoms with Crippen LogP contribution in [0.4, 0.5) is 5.69 Å². The predicted octanol–water partition coefficient (Wildman–Crippen LogP) is 2.64. The summed E-state index contributed by atoms with van der Waals surface area (Å²) in [6.07, 6.45) is 1.77. The molecule has 0 spiro atoms. The summed E-state index contributed by atoms with van der Waals surface area (Å²) in [5.41, 5.74) is 3.53. The van der Waals surface area contributed by atoms with Crippen LogP contribution < -0.4 is 5.32 Å². The molecule has 0 aliphatic rings. The maximum Gasteiger partial charge on any atom is 0.0651 e. The first kappa shape index (κ1) is 12.6. The van der Waals surface area contributed by atoms with Gasteiger partial charge in [0.25, 0.3) is 0 Å². The van der Waals surface area contributed by atoms with Crippen LogP contribution in [0.25, 0.3) is 0 Å². The van der Waals surface area contributed by atoms with E-state index in [2.05, 4.69) is 65.7 Å². The highest BCUT2D eigenvalue weighted by molar-refractivity contribution is 5.47. The van der Waals surface area contributed by atoms with E-state index in [1.54, 1.807) is 6.20 Å². The van der Waals surface area contributed by atoms with Gasteiger partial charge in [0.05, 0.1) is 11.7 Å². The fourth-order valence-electron chi connectivity index (χ4n) is 1.96. The van der Waals surface area contributed by atoms with Gasteiger partial charge >= 0.3 is 0 Å². The largest absolute Gasteiger partial charge is 0.377 e. The maximum atomic E-state index is 3.97. The molecule has 18 heavy (non-hydrogen) atoms. The Morgan fingerprint density at radius 2 is 2.17 bits per heavy atom. The minimum atomic E-state index is 0.224. The number of nitrogens with one attached hydrogen (secondary N) is 2. The van der Waals surface area contributed by atoms with Crippen LogP contribution >= 0.6 is 0 Å². The molecule has 0 saturated carbocycles. The molecular formula is C14H20N4. The molecule has 0 aliphatic carbocycles. The van der Waals surface area contributed by atoms with Gasteiger partial charge in [-0.05, 0) is 44.8 Å². The van der Waals surface area contributed by atoms with E-state index in [1.807, 2.05) is 6.07 Å². The van der Waals surface area contributed by atoms with Crippen LogP contribution in [0, 0.1) is 0 Å². The molecule has 1 heterocycles. The third kappa shape index (κ3) is 3.34. The zero-order valence-corrected chi connectivity index (χ0v) is 11.1. The maximum absolute atomic E-state index is 3.97. The molecule has 1 atom stereocenters. The number of hydrogen-bond donors (Lipinski definition) is 2. The third-order valence-corrected chi connectivity index (χ3v) is 2.80. The second kappa shape index (κ2) is 5.69. The SMILES string of the molecule is CC(Nc1cccc(CN(C)C)c1)c1ccn[nH]1. The Labute approximate surface area is 108 Å². The lowest BCUT2D eigenvalue weighted by molar-refractivity contribution is 0.402. The van der Waals surface area contributed by atoms with Crippen molar-refractivity contribution in [3.8, 4) is 0 Å². The number of aromatic nitrogens is 2. The Morgan fingerprint density at radius 3 is 2.83 bits per heavy atom. The molecule has 4 heteroatoms. The van der Waals surface area contributed by atoms with E-state index in [9.17, 15) is 0 Å². The quantitative estimate of drug-likeness (QED) is 0.849. The van der Waals surface area contributed by atoms with Gasteiger partial charge < -0.3 is 10.2 Å². The molecule has 96 valence electrons. The molecule has 0 radical (unpaired) electrons. The molecule has 2 rings (SSSR count). The minimum Gasteiger partial charge on any atom is -0.377 e. The summed E-state index contributed by atoms with van der Waals surface area (Å²) in [5.74, 6) is 0. The van der Waals surface area contributed by atoms with Gasteiger partial charge in [-0.25, -0.2) is 0 Å². The normalized spacial score (nSPS) is 12.7. The fourth-order valence-corrected chi connectivity index (χ4v) is 1.96. The van der Waals surface area contributed by atoms with Gasteiger partial charge in [-0.1, -0.05) is 12.1 Å². The molecule has 0 saturated heterocycles. The van der Waals surface area contributed by atoms with Crippen molar-refractivity contribution in [1.82, 2.24) is 15.1 Å². The lowest BCUT2D eigenvalue weighted by Crippen LogP contribution is -2.11.